The Kier molecular flexibility index (Phi) is 5.07. The Hall–Kier alpha value is -1.41. The number of ether oxygens (including phenoxy) is 1. The highest BCUT2D eigenvalue weighted by Crippen LogP contribution is 2.18. The van der Waals surface area contributed by atoms with Crippen molar-refractivity contribution in [1.82, 2.24) is 9.88 Å². The summed E-state index contributed by atoms with van der Waals surface area (Å²) in [4.78, 5) is 11.4. The minimum Gasteiger partial charge on any atom is -0.378 e. The van der Waals surface area contributed by atoms with E-state index in [-0.39, 0.29) is 35.5 Å². The molecule has 8 heteroatoms. The van der Waals surface area contributed by atoms with Crippen LogP contribution in [-0.2, 0) is 19.6 Å². The topological polar surface area (TPSA) is 98.5 Å². The lowest BCUT2D eigenvalue weighted by atomic mass is 10.4. The van der Waals surface area contributed by atoms with E-state index in [4.69, 9.17) is 9.26 Å². The van der Waals surface area contributed by atoms with Crippen molar-refractivity contribution in [3.05, 3.63) is 11.5 Å². The number of sulfonamides is 1. The summed E-state index contributed by atoms with van der Waals surface area (Å²) in [6.07, 6.45) is -0.0344. The summed E-state index contributed by atoms with van der Waals surface area (Å²) in [5.74, 6) is -0.475. The molecule has 0 aromatic carbocycles. The molecule has 108 valence electrons. The third-order valence-electron chi connectivity index (χ3n) is 2.27. The second kappa shape index (κ2) is 6.16. The van der Waals surface area contributed by atoms with Gasteiger partial charge < -0.3 is 9.26 Å². The first-order valence-electron chi connectivity index (χ1n) is 5.84. The molecule has 0 saturated heterocycles. The summed E-state index contributed by atoms with van der Waals surface area (Å²) in [6.45, 7) is 6.80. The molecule has 0 saturated carbocycles. The molecule has 0 spiro atoms. The molecule has 1 aromatic heterocycles. The zero-order valence-electron chi connectivity index (χ0n) is 11.4. The second-order valence-corrected chi connectivity index (χ2v) is 5.97. The summed E-state index contributed by atoms with van der Waals surface area (Å²) >= 11 is 0. The molecule has 0 aliphatic heterocycles. The molecule has 0 aliphatic rings. The Morgan fingerprint density at radius 3 is 2.53 bits per heavy atom. The Bertz CT molecular complexity index is 528. The van der Waals surface area contributed by atoms with Gasteiger partial charge in [0.15, 0.2) is 10.7 Å². The van der Waals surface area contributed by atoms with Crippen LogP contribution in [0.2, 0.25) is 0 Å². The van der Waals surface area contributed by atoms with Crippen LogP contribution in [0, 0.1) is 13.8 Å². The van der Waals surface area contributed by atoms with Gasteiger partial charge in [-0.1, -0.05) is 5.16 Å². The molecule has 1 rings (SSSR count). The molecule has 1 amide bonds. The lowest BCUT2D eigenvalue weighted by Gasteiger charge is -2.08. The molecule has 0 unspecified atom stereocenters. The molecule has 1 heterocycles. The molecule has 19 heavy (non-hydrogen) atoms. The fourth-order valence-electron chi connectivity index (χ4n) is 1.50. The lowest BCUT2D eigenvalue weighted by molar-refractivity contribution is -0.120. The first-order valence-corrected chi connectivity index (χ1v) is 7.32. The van der Waals surface area contributed by atoms with E-state index in [0.29, 0.717) is 0 Å². The zero-order valence-corrected chi connectivity index (χ0v) is 12.2. The van der Waals surface area contributed by atoms with E-state index < -0.39 is 15.9 Å². The van der Waals surface area contributed by atoms with Crippen LogP contribution >= 0.6 is 0 Å². The number of hydrogen-bond acceptors (Lipinski definition) is 6. The third kappa shape index (κ3) is 4.32. The summed E-state index contributed by atoms with van der Waals surface area (Å²) in [5.41, 5.74) is 0.219. The van der Waals surface area contributed by atoms with Gasteiger partial charge in [0.05, 0.1) is 19.1 Å². The van der Waals surface area contributed by atoms with Crippen LogP contribution < -0.4 is 4.72 Å². The standard InChI is InChI=1S/C11H18N2O5S/c1-7(2)17-6-5-10(14)13-19(15,16)11-8(3)12-18-9(11)4/h7H,5-6H2,1-4H3,(H,13,14). The van der Waals surface area contributed by atoms with Crippen molar-refractivity contribution >= 4 is 15.9 Å². The van der Waals surface area contributed by atoms with Crippen molar-refractivity contribution in [3.63, 3.8) is 0 Å². The van der Waals surface area contributed by atoms with Crippen LogP contribution in [-0.4, -0.2) is 32.2 Å². The number of aryl methyl sites for hydroxylation is 2. The van der Waals surface area contributed by atoms with Gasteiger partial charge in [0, 0.05) is 0 Å². The maximum absolute atomic E-state index is 12.0. The van der Waals surface area contributed by atoms with Crippen LogP contribution in [0.1, 0.15) is 31.7 Å². The molecular formula is C11H18N2O5S. The van der Waals surface area contributed by atoms with E-state index >= 15 is 0 Å². The normalized spacial score (nSPS) is 11.8. The minimum absolute atomic E-state index is 0.00744. The van der Waals surface area contributed by atoms with E-state index in [0.717, 1.165) is 0 Å². The predicted octanol–water partition coefficient (Wildman–Crippen LogP) is 0.911. The van der Waals surface area contributed by atoms with Crippen LogP contribution in [0.15, 0.2) is 9.42 Å². The van der Waals surface area contributed by atoms with Gasteiger partial charge >= 0.3 is 0 Å². The number of carbonyl (C=O) groups excluding carboxylic acids is 1. The van der Waals surface area contributed by atoms with Crippen molar-refractivity contribution < 1.29 is 22.5 Å². The van der Waals surface area contributed by atoms with Crippen molar-refractivity contribution in [2.24, 2.45) is 0 Å². The molecular weight excluding hydrogens is 272 g/mol. The quantitative estimate of drug-likeness (QED) is 0.836. The van der Waals surface area contributed by atoms with Crippen molar-refractivity contribution in [2.75, 3.05) is 6.61 Å². The van der Waals surface area contributed by atoms with Gasteiger partial charge in [-0.3, -0.25) is 4.79 Å². The fraction of sp³-hybridized carbons (Fsp3) is 0.636. The van der Waals surface area contributed by atoms with E-state index in [2.05, 4.69) is 5.16 Å². The first kappa shape index (κ1) is 15.6. The second-order valence-electron chi connectivity index (χ2n) is 4.35. The van der Waals surface area contributed by atoms with Gasteiger partial charge in [0.1, 0.15) is 5.69 Å². The highest BCUT2D eigenvalue weighted by atomic mass is 32.2. The number of nitrogens with one attached hydrogen (secondary N) is 1. The maximum Gasteiger partial charge on any atom is 0.269 e. The molecule has 1 N–H and O–H groups in total. The maximum atomic E-state index is 12.0. The Morgan fingerprint density at radius 1 is 1.42 bits per heavy atom. The van der Waals surface area contributed by atoms with Crippen LogP contribution in [0.25, 0.3) is 0 Å². The minimum atomic E-state index is -3.94. The molecule has 0 bridgehead atoms. The Labute approximate surface area is 112 Å². The Morgan fingerprint density at radius 2 is 2.05 bits per heavy atom. The van der Waals surface area contributed by atoms with Crippen molar-refractivity contribution in [1.29, 1.82) is 0 Å². The van der Waals surface area contributed by atoms with Gasteiger partial charge in [-0.05, 0) is 27.7 Å². The SMILES string of the molecule is Cc1noc(C)c1S(=O)(=O)NC(=O)CCOC(C)C. The summed E-state index contributed by atoms with van der Waals surface area (Å²) in [5, 5.41) is 3.54. The van der Waals surface area contributed by atoms with Crippen molar-refractivity contribution in [3.8, 4) is 0 Å². The first-order chi connectivity index (χ1) is 8.74. The highest BCUT2D eigenvalue weighted by molar-refractivity contribution is 7.90. The number of hydrogen-bond donors (Lipinski definition) is 1. The molecule has 1 aromatic rings. The smallest absolute Gasteiger partial charge is 0.269 e. The van der Waals surface area contributed by atoms with Gasteiger partial charge in [-0.15, -0.1) is 0 Å². The van der Waals surface area contributed by atoms with Crippen LogP contribution in [0.5, 0.6) is 0 Å². The van der Waals surface area contributed by atoms with E-state index in [1.54, 1.807) is 0 Å². The molecule has 7 nitrogen and oxygen atoms in total. The zero-order chi connectivity index (χ0) is 14.6. The number of aromatic nitrogens is 1. The molecule has 0 radical (unpaired) electrons. The Balaban J connectivity index is 2.68. The average Bonchev–Trinajstić information content (AvgIpc) is 2.57. The van der Waals surface area contributed by atoms with Crippen LogP contribution in [0.4, 0.5) is 0 Å². The molecule has 0 aliphatic carbocycles. The van der Waals surface area contributed by atoms with E-state index in [1.807, 2.05) is 18.6 Å². The van der Waals surface area contributed by atoms with E-state index in [9.17, 15) is 13.2 Å². The number of amides is 1. The fourth-order valence-corrected chi connectivity index (χ4v) is 2.84. The van der Waals surface area contributed by atoms with Gasteiger partial charge in [0.25, 0.3) is 10.0 Å². The van der Waals surface area contributed by atoms with Crippen molar-refractivity contribution in [2.45, 2.75) is 45.1 Å². The lowest BCUT2D eigenvalue weighted by Crippen LogP contribution is -2.32. The monoisotopic (exact) mass is 290 g/mol. The highest BCUT2D eigenvalue weighted by Gasteiger charge is 2.25. The third-order valence-corrected chi connectivity index (χ3v) is 3.88. The summed E-state index contributed by atoms with van der Waals surface area (Å²) in [7, 11) is -3.94. The van der Waals surface area contributed by atoms with Crippen LogP contribution in [0.3, 0.4) is 0 Å². The number of carbonyl (C=O) groups is 1. The summed E-state index contributed by atoms with van der Waals surface area (Å²) < 4.78 is 35.9. The molecule has 0 atom stereocenters. The number of rotatable bonds is 6. The van der Waals surface area contributed by atoms with Gasteiger partial charge in [-0.2, -0.15) is 0 Å². The van der Waals surface area contributed by atoms with Gasteiger partial charge in [0.2, 0.25) is 5.91 Å². The van der Waals surface area contributed by atoms with Gasteiger partial charge in [-0.25, -0.2) is 13.1 Å². The predicted molar refractivity (Wildman–Crippen MR) is 67.0 cm³/mol. The molecule has 0 fully saturated rings. The average molecular weight is 290 g/mol. The number of nitrogens with zero attached hydrogens (tertiary/aromatic N) is 1. The van der Waals surface area contributed by atoms with E-state index in [1.165, 1.54) is 13.8 Å². The summed E-state index contributed by atoms with van der Waals surface area (Å²) in [6, 6.07) is 0. The largest absolute Gasteiger partial charge is 0.378 e.